The summed E-state index contributed by atoms with van der Waals surface area (Å²) in [7, 11) is 0. The van der Waals surface area contributed by atoms with E-state index >= 15 is 0 Å². The van der Waals surface area contributed by atoms with Crippen molar-refractivity contribution in [3.8, 4) is 0 Å². The molecule has 3 unspecified atom stereocenters. The number of hydrogen-bond acceptors (Lipinski definition) is 6. The average Bonchev–Trinajstić information content (AvgIpc) is 3.76. The Labute approximate surface area is 270 Å². The van der Waals surface area contributed by atoms with Crippen molar-refractivity contribution in [2.45, 2.75) is 59.0 Å². The highest BCUT2D eigenvalue weighted by molar-refractivity contribution is 5.83. The van der Waals surface area contributed by atoms with E-state index in [4.69, 9.17) is 11.5 Å². The summed E-state index contributed by atoms with van der Waals surface area (Å²) in [4.78, 5) is 0. The van der Waals surface area contributed by atoms with Gasteiger partial charge in [0.05, 0.1) is 6.04 Å². The summed E-state index contributed by atoms with van der Waals surface area (Å²) in [5, 5.41) is 11.9. The minimum absolute atomic E-state index is 0.000984. The van der Waals surface area contributed by atoms with Crippen LogP contribution in [0.3, 0.4) is 0 Å². The second kappa shape index (κ2) is 17.7. The lowest BCUT2D eigenvalue weighted by Gasteiger charge is -2.31. The lowest BCUT2D eigenvalue weighted by molar-refractivity contribution is 0.376. The number of benzene rings is 4. The lowest BCUT2D eigenvalue weighted by atomic mass is 9.87. The maximum atomic E-state index is 6.41. The molecule has 240 valence electrons. The van der Waals surface area contributed by atoms with E-state index in [1.54, 1.807) is 6.20 Å². The highest BCUT2D eigenvalue weighted by Crippen LogP contribution is 2.25. The smallest absolute Gasteiger partial charge is 0.0531 e. The van der Waals surface area contributed by atoms with Crippen molar-refractivity contribution in [2.24, 2.45) is 23.3 Å². The second-order valence-electron chi connectivity index (χ2n) is 11.6. The van der Waals surface area contributed by atoms with E-state index in [9.17, 15) is 0 Å². The molecule has 0 radical (unpaired) electrons. The van der Waals surface area contributed by atoms with Crippen molar-refractivity contribution in [1.29, 1.82) is 0 Å². The van der Waals surface area contributed by atoms with Crippen LogP contribution in [0.25, 0.3) is 21.5 Å². The van der Waals surface area contributed by atoms with Crippen LogP contribution in [0.5, 0.6) is 0 Å². The molecule has 0 amide bonds. The predicted octanol–water partition coefficient (Wildman–Crippen LogP) is 6.18. The lowest BCUT2D eigenvalue weighted by Crippen LogP contribution is -2.46. The maximum Gasteiger partial charge on any atom is 0.0531 e. The van der Waals surface area contributed by atoms with Gasteiger partial charge in [0.1, 0.15) is 0 Å². The molecule has 6 heteroatoms. The Kier molecular flexibility index (Phi) is 13.5. The normalized spacial score (nSPS) is 19.9. The predicted molar refractivity (Wildman–Crippen MR) is 194 cm³/mol. The monoisotopic (exact) mass is 606 g/mol. The SMILES string of the molecule is C1=C(C2CNC2)C(Cc2ccc3ccccc3c2)NN1.CC.CC.N/C=C(\C(N)Cc1ccc2ccccc2c1)C1CCNC1. The molecular formula is C39H54N6. The Balaban J connectivity index is 0.000000185. The number of nitrogens with two attached hydrogens (primary N) is 2. The highest BCUT2D eigenvalue weighted by Gasteiger charge is 2.30. The Morgan fingerprint density at radius 1 is 0.778 bits per heavy atom. The van der Waals surface area contributed by atoms with Gasteiger partial charge in [-0.25, -0.2) is 5.43 Å². The Morgan fingerprint density at radius 2 is 1.38 bits per heavy atom. The van der Waals surface area contributed by atoms with Gasteiger partial charge in [-0.15, -0.1) is 0 Å². The molecule has 0 aromatic heterocycles. The largest absolute Gasteiger partial charge is 0.405 e. The van der Waals surface area contributed by atoms with Gasteiger partial charge < -0.3 is 27.5 Å². The quantitative estimate of drug-likeness (QED) is 0.150. The van der Waals surface area contributed by atoms with Crippen LogP contribution in [0, 0.1) is 11.8 Å². The summed E-state index contributed by atoms with van der Waals surface area (Å²) < 4.78 is 0. The highest BCUT2D eigenvalue weighted by atomic mass is 15.4. The maximum absolute atomic E-state index is 6.41. The molecule has 45 heavy (non-hydrogen) atoms. The van der Waals surface area contributed by atoms with Gasteiger partial charge in [0.2, 0.25) is 0 Å². The molecule has 4 aromatic rings. The van der Waals surface area contributed by atoms with E-state index in [1.807, 2.05) is 27.7 Å². The third-order valence-corrected chi connectivity index (χ3v) is 8.83. The van der Waals surface area contributed by atoms with Crippen LogP contribution in [0.15, 0.2) is 108 Å². The first kappa shape index (κ1) is 34.2. The van der Waals surface area contributed by atoms with Crippen LogP contribution in [-0.2, 0) is 12.8 Å². The fraction of sp³-hybridized carbons (Fsp3) is 0.385. The van der Waals surface area contributed by atoms with Crippen molar-refractivity contribution < 1.29 is 0 Å². The van der Waals surface area contributed by atoms with Gasteiger partial charge in [0, 0.05) is 37.8 Å². The summed E-state index contributed by atoms with van der Waals surface area (Å²) in [6.07, 6.45) is 6.89. The molecule has 0 aliphatic carbocycles. The van der Waals surface area contributed by atoms with Crippen molar-refractivity contribution >= 4 is 21.5 Å². The van der Waals surface area contributed by atoms with Gasteiger partial charge >= 0.3 is 0 Å². The number of nitrogens with one attached hydrogen (secondary N) is 4. The first-order chi connectivity index (χ1) is 22.2. The van der Waals surface area contributed by atoms with Crippen molar-refractivity contribution in [3.05, 3.63) is 120 Å². The van der Waals surface area contributed by atoms with Gasteiger partial charge in [-0.05, 0) is 81.7 Å². The van der Waals surface area contributed by atoms with Crippen LogP contribution >= 0.6 is 0 Å². The minimum atomic E-state index is 0.000984. The zero-order valence-corrected chi connectivity index (χ0v) is 27.7. The first-order valence-corrected chi connectivity index (χ1v) is 16.9. The first-order valence-electron chi connectivity index (χ1n) is 16.9. The Hall–Kier alpha value is -3.68. The average molecular weight is 607 g/mol. The number of hydrogen-bond donors (Lipinski definition) is 6. The molecule has 0 spiro atoms. The number of rotatable bonds is 7. The van der Waals surface area contributed by atoms with Crippen molar-refractivity contribution in [3.63, 3.8) is 0 Å². The van der Waals surface area contributed by atoms with Crippen molar-refractivity contribution in [2.75, 3.05) is 26.2 Å². The molecule has 3 atom stereocenters. The molecule has 0 bridgehead atoms. The molecular weight excluding hydrogens is 552 g/mol. The zero-order valence-electron chi connectivity index (χ0n) is 27.7. The third kappa shape index (κ3) is 8.95. The summed E-state index contributed by atoms with van der Waals surface area (Å²) >= 11 is 0. The second-order valence-corrected chi connectivity index (χ2v) is 11.6. The molecule has 6 nitrogen and oxygen atoms in total. The van der Waals surface area contributed by atoms with Crippen LogP contribution in [0.2, 0.25) is 0 Å². The molecule has 0 saturated carbocycles. The molecule has 2 fully saturated rings. The summed E-state index contributed by atoms with van der Waals surface area (Å²) in [6.45, 7) is 12.3. The molecule has 2 saturated heterocycles. The van der Waals surface area contributed by atoms with Gasteiger partial charge in [-0.2, -0.15) is 0 Å². The van der Waals surface area contributed by atoms with E-state index in [0.29, 0.717) is 17.9 Å². The number of hydrazine groups is 1. The van der Waals surface area contributed by atoms with Gasteiger partial charge in [-0.1, -0.05) is 113 Å². The summed E-state index contributed by atoms with van der Waals surface area (Å²) in [5.41, 5.74) is 24.2. The fourth-order valence-electron chi connectivity index (χ4n) is 6.35. The standard InChI is InChI=1S/C18H23N3.C17H19N3.2C2H6/c19-11-17(16-7-8-21-12-16)18(20)10-13-5-6-14-3-1-2-4-15(14)9-13;1-2-4-14-7-12(5-6-13(14)3-1)8-17-16(11-19-20-17)15-9-18-10-15;2*1-2/h1-6,9,11,16,18,21H,7-8,10,12,19-20H2;1-7,11,15,17-20H,8-10H2;2*1-2H3/b17-11-;;;. The Bertz CT molecular complexity index is 1530. The van der Waals surface area contributed by atoms with Gasteiger partial charge in [-0.3, -0.25) is 0 Å². The molecule has 3 aliphatic rings. The molecule has 4 aromatic carbocycles. The topological polar surface area (TPSA) is 100 Å². The van der Waals surface area contributed by atoms with Crippen LogP contribution in [0.1, 0.15) is 45.2 Å². The van der Waals surface area contributed by atoms with E-state index in [1.165, 1.54) is 43.8 Å². The summed E-state index contributed by atoms with van der Waals surface area (Å²) in [5.74, 6) is 1.19. The number of fused-ring (bicyclic) bond motifs is 2. The van der Waals surface area contributed by atoms with Gasteiger partial charge in [0.15, 0.2) is 0 Å². The zero-order chi connectivity index (χ0) is 32.0. The molecule has 8 N–H and O–H groups in total. The minimum Gasteiger partial charge on any atom is -0.405 e. The van der Waals surface area contributed by atoms with E-state index in [2.05, 4.69) is 113 Å². The van der Waals surface area contributed by atoms with Crippen molar-refractivity contribution in [1.82, 2.24) is 21.5 Å². The van der Waals surface area contributed by atoms with Crippen LogP contribution in [-0.4, -0.2) is 38.3 Å². The van der Waals surface area contributed by atoms with Gasteiger partial charge in [0.25, 0.3) is 0 Å². The molecule has 3 heterocycles. The van der Waals surface area contributed by atoms with Crippen LogP contribution < -0.4 is 33.0 Å². The van der Waals surface area contributed by atoms with E-state index < -0.39 is 0 Å². The third-order valence-electron chi connectivity index (χ3n) is 8.83. The van der Waals surface area contributed by atoms with E-state index in [0.717, 1.165) is 45.4 Å². The molecule has 7 rings (SSSR count). The van der Waals surface area contributed by atoms with E-state index in [-0.39, 0.29) is 6.04 Å². The molecule has 3 aliphatic heterocycles. The van der Waals surface area contributed by atoms with Crippen LogP contribution in [0.4, 0.5) is 0 Å². The fourth-order valence-corrected chi connectivity index (χ4v) is 6.35. The summed E-state index contributed by atoms with van der Waals surface area (Å²) in [6, 6.07) is 30.7. The Morgan fingerprint density at radius 3 is 1.93 bits per heavy atom.